The minimum Gasteiger partial charge on any atom is -0.374 e. The molecular formula is C12H19N3O. The predicted molar refractivity (Wildman–Crippen MR) is 63.2 cm³/mol. The number of pyridine rings is 1. The number of aromatic nitrogens is 1. The second-order valence-corrected chi connectivity index (χ2v) is 4.21. The van der Waals surface area contributed by atoms with Gasteiger partial charge in [0.1, 0.15) is 0 Å². The molecule has 1 saturated heterocycles. The molecule has 4 heteroatoms. The van der Waals surface area contributed by atoms with Gasteiger partial charge >= 0.3 is 0 Å². The molecule has 88 valence electrons. The molecule has 4 nitrogen and oxygen atoms in total. The third-order valence-corrected chi connectivity index (χ3v) is 2.68. The molecule has 0 aliphatic carbocycles. The number of rotatable bonds is 4. The molecule has 1 aliphatic rings. The van der Waals surface area contributed by atoms with Crippen molar-refractivity contribution in [2.45, 2.75) is 12.6 Å². The summed E-state index contributed by atoms with van der Waals surface area (Å²) >= 11 is 0. The van der Waals surface area contributed by atoms with Gasteiger partial charge in [-0.1, -0.05) is 6.07 Å². The maximum Gasteiger partial charge on any atom is 0.0826 e. The van der Waals surface area contributed by atoms with Crippen LogP contribution in [0.4, 0.5) is 0 Å². The Morgan fingerprint density at radius 1 is 1.56 bits per heavy atom. The van der Waals surface area contributed by atoms with Gasteiger partial charge < -0.3 is 10.1 Å². The van der Waals surface area contributed by atoms with E-state index >= 15 is 0 Å². The maximum atomic E-state index is 5.66. The number of ether oxygens (including phenoxy) is 1. The van der Waals surface area contributed by atoms with Crippen LogP contribution >= 0.6 is 0 Å². The first-order valence-corrected chi connectivity index (χ1v) is 5.75. The maximum absolute atomic E-state index is 5.66. The smallest absolute Gasteiger partial charge is 0.0826 e. The highest BCUT2D eigenvalue weighted by molar-refractivity contribution is 5.03. The Labute approximate surface area is 96.6 Å². The summed E-state index contributed by atoms with van der Waals surface area (Å²) in [5, 5.41) is 3.34. The standard InChI is InChI=1S/C12H19N3O/c1-15(9-11-4-2-3-5-14-11)10-12-8-13-6-7-16-12/h2-5,12-13H,6-10H2,1H3. The molecule has 1 aliphatic heterocycles. The molecule has 1 aromatic heterocycles. The van der Waals surface area contributed by atoms with Gasteiger partial charge in [-0.3, -0.25) is 9.88 Å². The lowest BCUT2D eigenvalue weighted by atomic mass is 10.2. The molecule has 1 N–H and O–H groups in total. The normalized spacial score (nSPS) is 21.2. The van der Waals surface area contributed by atoms with Gasteiger partial charge in [0, 0.05) is 32.4 Å². The molecule has 16 heavy (non-hydrogen) atoms. The van der Waals surface area contributed by atoms with Crippen LogP contribution in [0.5, 0.6) is 0 Å². The van der Waals surface area contributed by atoms with Crippen molar-refractivity contribution in [3.8, 4) is 0 Å². The number of hydrogen-bond donors (Lipinski definition) is 1. The van der Waals surface area contributed by atoms with Gasteiger partial charge in [0.25, 0.3) is 0 Å². The van der Waals surface area contributed by atoms with Crippen molar-refractivity contribution >= 4 is 0 Å². The highest BCUT2D eigenvalue weighted by Gasteiger charge is 2.15. The number of likely N-dealkylation sites (N-methyl/N-ethyl adjacent to an activating group) is 1. The first-order chi connectivity index (χ1) is 7.84. The Hall–Kier alpha value is -0.970. The summed E-state index contributed by atoms with van der Waals surface area (Å²) < 4.78 is 5.66. The van der Waals surface area contributed by atoms with E-state index in [4.69, 9.17) is 4.74 Å². The van der Waals surface area contributed by atoms with Crippen molar-refractivity contribution in [3.05, 3.63) is 30.1 Å². The summed E-state index contributed by atoms with van der Waals surface area (Å²) in [6.45, 7) is 4.57. The van der Waals surface area contributed by atoms with Crippen LogP contribution in [0.15, 0.2) is 24.4 Å². The molecule has 0 spiro atoms. The largest absolute Gasteiger partial charge is 0.374 e. The van der Waals surface area contributed by atoms with E-state index in [2.05, 4.69) is 28.3 Å². The molecule has 2 rings (SSSR count). The van der Waals surface area contributed by atoms with Crippen molar-refractivity contribution in [2.24, 2.45) is 0 Å². The zero-order chi connectivity index (χ0) is 11.2. The van der Waals surface area contributed by atoms with E-state index in [1.165, 1.54) is 0 Å². The average molecular weight is 221 g/mol. The minimum atomic E-state index is 0.308. The van der Waals surface area contributed by atoms with Crippen LogP contribution in [0.3, 0.4) is 0 Å². The Morgan fingerprint density at radius 3 is 3.19 bits per heavy atom. The second kappa shape index (κ2) is 5.94. The molecule has 2 heterocycles. The first kappa shape index (κ1) is 11.5. The van der Waals surface area contributed by atoms with Gasteiger partial charge in [-0.15, -0.1) is 0 Å². The summed E-state index contributed by atoms with van der Waals surface area (Å²) in [7, 11) is 2.10. The molecule has 0 aromatic carbocycles. The van der Waals surface area contributed by atoms with Crippen LogP contribution in [-0.4, -0.2) is 49.3 Å². The zero-order valence-electron chi connectivity index (χ0n) is 9.72. The summed E-state index contributed by atoms with van der Waals surface area (Å²) in [5.41, 5.74) is 1.11. The molecule has 0 saturated carbocycles. The van der Waals surface area contributed by atoms with E-state index in [0.29, 0.717) is 6.10 Å². The van der Waals surface area contributed by atoms with Crippen LogP contribution in [0.2, 0.25) is 0 Å². The van der Waals surface area contributed by atoms with Crippen LogP contribution in [0.1, 0.15) is 5.69 Å². The van der Waals surface area contributed by atoms with Gasteiger partial charge in [0.15, 0.2) is 0 Å². The second-order valence-electron chi connectivity index (χ2n) is 4.21. The Balaban J connectivity index is 1.77. The Bertz CT molecular complexity index is 298. The lowest BCUT2D eigenvalue weighted by Gasteiger charge is -2.27. The van der Waals surface area contributed by atoms with E-state index < -0.39 is 0 Å². The molecule has 0 bridgehead atoms. The van der Waals surface area contributed by atoms with Gasteiger partial charge in [-0.2, -0.15) is 0 Å². The van der Waals surface area contributed by atoms with Crippen LogP contribution in [0.25, 0.3) is 0 Å². The van der Waals surface area contributed by atoms with E-state index in [-0.39, 0.29) is 0 Å². The fourth-order valence-electron chi connectivity index (χ4n) is 1.92. The molecule has 0 radical (unpaired) electrons. The van der Waals surface area contributed by atoms with Crippen LogP contribution < -0.4 is 5.32 Å². The molecule has 1 unspecified atom stereocenters. The SMILES string of the molecule is CN(Cc1ccccn1)CC1CNCCO1. The third-order valence-electron chi connectivity index (χ3n) is 2.68. The number of hydrogen-bond acceptors (Lipinski definition) is 4. The van der Waals surface area contributed by atoms with Gasteiger partial charge in [0.2, 0.25) is 0 Å². The quantitative estimate of drug-likeness (QED) is 0.803. The Morgan fingerprint density at radius 2 is 2.50 bits per heavy atom. The van der Waals surface area contributed by atoms with Gasteiger partial charge in [-0.25, -0.2) is 0 Å². The van der Waals surface area contributed by atoms with E-state index in [9.17, 15) is 0 Å². The van der Waals surface area contributed by atoms with Crippen molar-refractivity contribution in [1.82, 2.24) is 15.2 Å². The van der Waals surface area contributed by atoms with Crippen molar-refractivity contribution in [3.63, 3.8) is 0 Å². The molecular weight excluding hydrogens is 202 g/mol. The molecule has 0 amide bonds. The van der Waals surface area contributed by atoms with Crippen LogP contribution in [0, 0.1) is 0 Å². The lowest BCUT2D eigenvalue weighted by Crippen LogP contribution is -2.44. The fourth-order valence-corrected chi connectivity index (χ4v) is 1.92. The topological polar surface area (TPSA) is 37.4 Å². The number of nitrogens with zero attached hydrogens (tertiary/aromatic N) is 2. The Kier molecular flexibility index (Phi) is 4.27. The summed E-state index contributed by atoms with van der Waals surface area (Å²) in [5.74, 6) is 0. The van der Waals surface area contributed by atoms with Crippen molar-refractivity contribution in [1.29, 1.82) is 0 Å². The van der Waals surface area contributed by atoms with Crippen LogP contribution in [-0.2, 0) is 11.3 Å². The molecule has 1 aromatic rings. The van der Waals surface area contributed by atoms with Crippen molar-refractivity contribution < 1.29 is 4.74 Å². The third kappa shape index (κ3) is 3.56. The zero-order valence-corrected chi connectivity index (χ0v) is 9.72. The minimum absolute atomic E-state index is 0.308. The molecule has 1 fully saturated rings. The van der Waals surface area contributed by atoms with Gasteiger partial charge in [-0.05, 0) is 19.2 Å². The van der Waals surface area contributed by atoms with E-state index in [1.807, 2.05) is 18.3 Å². The average Bonchev–Trinajstić information content (AvgIpc) is 2.31. The monoisotopic (exact) mass is 221 g/mol. The van der Waals surface area contributed by atoms with Gasteiger partial charge in [0.05, 0.1) is 18.4 Å². The predicted octanol–water partition coefficient (Wildman–Crippen LogP) is 0.502. The molecule has 1 atom stereocenters. The number of morpholine rings is 1. The summed E-state index contributed by atoms with van der Waals surface area (Å²) in [6, 6.07) is 6.02. The van der Waals surface area contributed by atoms with E-state index in [0.717, 1.165) is 38.5 Å². The highest BCUT2D eigenvalue weighted by atomic mass is 16.5. The summed E-state index contributed by atoms with van der Waals surface area (Å²) in [4.78, 5) is 6.56. The fraction of sp³-hybridized carbons (Fsp3) is 0.583. The lowest BCUT2D eigenvalue weighted by molar-refractivity contribution is 0.00868. The van der Waals surface area contributed by atoms with Crippen molar-refractivity contribution in [2.75, 3.05) is 33.3 Å². The summed E-state index contributed by atoms with van der Waals surface area (Å²) in [6.07, 6.45) is 2.14. The highest BCUT2D eigenvalue weighted by Crippen LogP contribution is 2.03. The van der Waals surface area contributed by atoms with E-state index in [1.54, 1.807) is 0 Å². The number of nitrogens with one attached hydrogen (secondary N) is 1. The first-order valence-electron chi connectivity index (χ1n) is 5.75.